The first kappa shape index (κ1) is 27.3. The zero-order chi connectivity index (χ0) is 26.1. The number of aromatic amines is 1. The number of rotatable bonds is 14. The van der Waals surface area contributed by atoms with Gasteiger partial charge in [0, 0.05) is 30.7 Å². The molecule has 11 nitrogen and oxygen atoms in total. The van der Waals surface area contributed by atoms with E-state index in [2.05, 4.69) is 48.9 Å². The third-order valence-corrected chi connectivity index (χ3v) is 6.97. The Labute approximate surface area is 212 Å². The smallest absolute Gasteiger partial charge is 0.222 e. The van der Waals surface area contributed by atoms with Gasteiger partial charge in [0.1, 0.15) is 21.4 Å². The molecule has 1 atom stereocenters. The van der Waals surface area contributed by atoms with Gasteiger partial charge in [0.05, 0.1) is 18.6 Å². The molecule has 0 bridgehead atoms. The molecular formula is C24H36N8O3S. The van der Waals surface area contributed by atoms with E-state index in [1.165, 1.54) is 6.26 Å². The van der Waals surface area contributed by atoms with Crippen molar-refractivity contribution < 1.29 is 13.2 Å². The quantitative estimate of drug-likeness (QED) is 0.290. The van der Waals surface area contributed by atoms with Gasteiger partial charge in [-0.3, -0.25) is 0 Å². The van der Waals surface area contributed by atoms with E-state index in [1.54, 1.807) is 7.11 Å². The number of aromatic nitrogens is 6. The average molecular weight is 517 g/mol. The number of anilines is 2. The first-order valence-electron chi connectivity index (χ1n) is 12.2. The number of unbranched alkanes of at least 4 members (excludes halogenated alkanes) is 1. The first-order valence-corrected chi connectivity index (χ1v) is 14.3. The third-order valence-electron chi connectivity index (χ3n) is 5.99. The van der Waals surface area contributed by atoms with Gasteiger partial charge in [-0.1, -0.05) is 44.0 Å². The highest BCUT2D eigenvalue weighted by Gasteiger charge is 2.20. The molecule has 0 fully saturated rings. The molecule has 0 spiro atoms. The SMILES string of the molecule is CCCC[C@@H](CCS(C)(=O)=O)Nc1nc(N)nc(CC)c1Cc1cc(Cc2nn[nH]n2)ccc1OC. The van der Waals surface area contributed by atoms with Crippen molar-refractivity contribution in [3.05, 3.63) is 46.4 Å². The van der Waals surface area contributed by atoms with Crippen LogP contribution in [-0.2, 0) is 29.1 Å². The van der Waals surface area contributed by atoms with Crippen LogP contribution in [0.1, 0.15) is 67.7 Å². The van der Waals surface area contributed by atoms with Crippen molar-refractivity contribution in [3.63, 3.8) is 0 Å². The topological polar surface area (TPSA) is 162 Å². The molecule has 0 radical (unpaired) electrons. The number of benzene rings is 1. The van der Waals surface area contributed by atoms with E-state index < -0.39 is 9.84 Å². The fraction of sp³-hybridized carbons (Fsp3) is 0.542. The summed E-state index contributed by atoms with van der Waals surface area (Å²) in [6, 6.07) is 5.92. The van der Waals surface area contributed by atoms with Gasteiger partial charge in [-0.05, 0) is 36.5 Å². The van der Waals surface area contributed by atoms with Crippen molar-refractivity contribution in [1.82, 2.24) is 30.6 Å². The van der Waals surface area contributed by atoms with Crippen LogP contribution in [-0.4, -0.2) is 64.2 Å². The lowest BCUT2D eigenvalue weighted by atomic mass is 9.98. The number of aryl methyl sites for hydroxylation is 1. The second kappa shape index (κ2) is 12.6. The second-order valence-corrected chi connectivity index (χ2v) is 11.2. The summed E-state index contributed by atoms with van der Waals surface area (Å²) in [7, 11) is -1.44. The molecule has 3 aromatic rings. The third kappa shape index (κ3) is 7.87. The number of nitrogens with zero attached hydrogens (tertiary/aromatic N) is 5. The van der Waals surface area contributed by atoms with E-state index in [0.717, 1.165) is 47.4 Å². The van der Waals surface area contributed by atoms with Gasteiger partial charge in [-0.15, -0.1) is 10.2 Å². The molecule has 1 aromatic carbocycles. The van der Waals surface area contributed by atoms with Crippen molar-refractivity contribution in [3.8, 4) is 5.75 Å². The number of sulfone groups is 1. The normalized spacial score (nSPS) is 12.4. The molecule has 2 heterocycles. The molecule has 3 rings (SSSR count). The van der Waals surface area contributed by atoms with Gasteiger partial charge in [-0.2, -0.15) is 10.2 Å². The minimum atomic E-state index is -3.08. The molecule has 0 aliphatic carbocycles. The van der Waals surface area contributed by atoms with Gasteiger partial charge in [0.2, 0.25) is 5.95 Å². The van der Waals surface area contributed by atoms with Gasteiger partial charge in [0.25, 0.3) is 0 Å². The molecule has 36 heavy (non-hydrogen) atoms. The maximum atomic E-state index is 11.8. The summed E-state index contributed by atoms with van der Waals surface area (Å²) in [5.41, 5.74) is 9.81. The Morgan fingerprint density at radius 3 is 2.61 bits per heavy atom. The number of tetrazole rings is 1. The number of nitrogen functional groups attached to an aromatic ring is 1. The fourth-order valence-electron chi connectivity index (χ4n) is 4.15. The van der Waals surface area contributed by atoms with Crippen molar-refractivity contribution >= 4 is 21.6 Å². The number of H-pyrrole nitrogens is 1. The summed E-state index contributed by atoms with van der Waals surface area (Å²) in [4.78, 5) is 9.04. The molecule has 0 saturated heterocycles. The number of hydrogen-bond acceptors (Lipinski definition) is 10. The van der Waals surface area contributed by atoms with E-state index in [4.69, 9.17) is 10.5 Å². The zero-order valence-electron chi connectivity index (χ0n) is 21.4. The standard InChI is InChI=1S/C24H36N8O3S/c1-5-7-8-18(11-12-36(4,33)34)26-23-19(20(6-2)27-24(25)28-23)15-17-13-16(9-10-21(17)35-3)14-22-29-31-32-30-22/h9-10,13,18H,5-8,11-12,14-15H2,1-4H3,(H3,25,26,27,28)(H,29,30,31,32)/t18-/m0/s1. The van der Waals surface area contributed by atoms with Gasteiger partial charge < -0.3 is 15.8 Å². The molecule has 0 amide bonds. The van der Waals surface area contributed by atoms with Gasteiger partial charge in [0.15, 0.2) is 5.82 Å². The van der Waals surface area contributed by atoms with E-state index in [-0.39, 0.29) is 17.7 Å². The highest BCUT2D eigenvalue weighted by Crippen LogP contribution is 2.29. The Morgan fingerprint density at radius 1 is 1.17 bits per heavy atom. The molecule has 2 aromatic heterocycles. The summed E-state index contributed by atoms with van der Waals surface area (Å²) in [5.74, 6) is 2.28. The monoisotopic (exact) mass is 516 g/mol. The van der Waals surface area contributed by atoms with Gasteiger partial charge >= 0.3 is 0 Å². The minimum absolute atomic E-state index is 0.0519. The second-order valence-electron chi connectivity index (χ2n) is 8.94. The number of methoxy groups -OCH3 is 1. The zero-order valence-corrected chi connectivity index (χ0v) is 22.2. The maximum Gasteiger partial charge on any atom is 0.222 e. The average Bonchev–Trinajstić information content (AvgIpc) is 3.34. The van der Waals surface area contributed by atoms with Crippen molar-refractivity contribution in [2.45, 2.75) is 64.8 Å². The number of hydrogen-bond donors (Lipinski definition) is 3. The van der Waals surface area contributed by atoms with Crippen LogP contribution in [0.4, 0.5) is 11.8 Å². The predicted octanol–water partition coefficient (Wildman–Crippen LogP) is 2.73. The summed E-state index contributed by atoms with van der Waals surface area (Å²) in [6.45, 7) is 4.14. The van der Waals surface area contributed by atoms with Crippen molar-refractivity contribution in [2.75, 3.05) is 30.2 Å². The molecule has 12 heteroatoms. The van der Waals surface area contributed by atoms with Crippen molar-refractivity contribution in [2.24, 2.45) is 0 Å². The summed E-state index contributed by atoms with van der Waals surface area (Å²) in [5, 5.41) is 17.7. The molecular weight excluding hydrogens is 480 g/mol. The van der Waals surface area contributed by atoms with Crippen LogP contribution in [0, 0.1) is 0 Å². The lowest BCUT2D eigenvalue weighted by molar-refractivity contribution is 0.410. The highest BCUT2D eigenvalue weighted by molar-refractivity contribution is 7.90. The van der Waals surface area contributed by atoms with Crippen LogP contribution in [0.5, 0.6) is 5.75 Å². The van der Waals surface area contributed by atoms with E-state index >= 15 is 0 Å². The Morgan fingerprint density at radius 2 is 1.97 bits per heavy atom. The number of ether oxygens (including phenoxy) is 1. The Bertz CT molecular complexity index is 1230. The number of nitrogens with one attached hydrogen (secondary N) is 2. The van der Waals surface area contributed by atoms with Crippen LogP contribution >= 0.6 is 0 Å². The largest absolute Gasteiger partial charge is 0.496 e. The summed E-state index contributed by atoms with van der Waals surface area (Å²) >= 11 is 0. The van der Waals surface area contributed by atoms with Crippen LogP contribution in [0.25, 0.3) is 0 Å². The molecule has 0 aliphatic heterocycles. The van der Waals surface area contributed by atoms with E-state index in [9.17, 15) is 8.42 Å². The molecule has 0 unspecified atom stereocenters. The van der Waals surface area contributed by atoms with E-state index in [1.807, 2.05) is 19.1 Å². The van der Waals surface area contributed by atoms with Crippen LogP contribution in [0.3, 0.4) is 0 Å². The minimum Gasteiger partial charge on any atom is -0.496 e. The number of nitrogens with two attached hydrogens (primary N) is 1. The fourth-order valence-corrected chi connectivity index (χ4v) is 4.86. The van der Waals surface area contributed by atoms with Crippen molar-refractivity contribution in [1.29, 1.82) is 0 Å². The van der Waals surface area contributed by atoms with Crippen LogP contribution in [0.15, 0.2) is 18.2 Å². The summed E-state index contributed by atoms with van der Waals surface area (Å²) in [6.07, 6.45) is 6.30. The molecule has 196 valence electrons. The molecule has 0 aliphatic rings. The van der Waals surface area contributed by atoms with Crippen LogP contribution in [0.2, 0.25) is 0 Å². The highest BCUT2D eigenvalue weighted by atomic mass is 32.2. The van der Waals surface area contributed by atoms with Crippen LogP contribution < -0.4 is 15.8 Å². The van der Waals surface area contributed by atoms with E-state index in [0.29, 0.717) is 37.3 Å². The Kier molecular flexibility index (Phi) is 9.57. The lowest BCUT2D eigenvalue weighted by Gasteiger charge is -2.22. The molecule has 4 N–H and O–H groups in total. The molecule has 0 saturated carbocycles. The first-order chi connectivity index (χ1) is 17.2. The lowest BCUT2D eigenvalue weighted by Crippen LogP contribution is -2.25. The van der Waals surface area contributed by atoms with Gasteiger partial charge in [-0.25, -0.2) is 13.4 Å². The Balaban J connectivity index is 1.96. The predicted molar refractivity (Wildman–Crippen MR) is 140 cm³/mol. The Hall–Kier alpha value is -3.28. The summed E-state index contributed by atoms with van der Waals surface area (Å²) < 4.78 is 29.3. The maximum absolute atomic E-state index is 11.8.